The summed E-state index contributed by atoms with van der Waals surface area (Å²) in [6.45, 7) is 0. The summed E-state index contributed by atoms with van der Waals surface area (Å²) in [4.78, 5) is -0.493. The molecule has 0 aliphatic rings. The van der Waals surface area contributed by atoms with Gasteiger partial charge in [-0.1, -0.05) is 34.8 Å². The highest BCUT2D eigenvalue weighted by atomic mass is 35.5. The molecule has 0 fully saturated rings. The van der Waals surface area contributed by atoms with Crippen LogP contribution in [0.25, 0.3) is 17.4 Å². The number of nitrogens with zero attached hydrogens (tertiary/aromatic N) is 1. The molecule has 0 atom stereocenters. The van der Waals surface area contributed by atoms with Crippen molar-refractivity contribution in [1.29, 1.82) is 5.26 Å². The summed E-state index contributed by atoms with van der Waals surface area (Å²) in [7, 11) is -4.00. The van der Waals surface area contributed by atoms with Crippen molar-refractivity contribution in [2.75, 3.05) is 0 Å². The topological polar surface area (TPSA) is 71.1 Å². The molecule has 8 heteroatoms. The Hall–Kier alpha value is -2.23. The van der Waals surface area contributed by atoms with Crippen LogP contribution in [0.2, 0.25) is 15.1 Å². The van der Waals surface area contributed by atoms with Gasteiger partial charge in [0, 0.05) is 21.7 Å². The minimum atomic E-state index is -4.00. The van der Waals surface area contributed by atoms with Gasteiger partial charge in [-0.25, -0.2) is 8.42 Å². The Morgan fingerprint density at radius 1 is 0.963 bits per heavy atom. The second-order valence-corrected chi connectivity index (χ2v) is 8.60. The summed E-state index contributed by atoms with van der Waals surface area (Å²) in [5, 5.41) is 10.6. The van der Waals surface area contributed by atoms with Crippen molar-refractivity contribution in [2.45, 2.75) is 4.90 Å². The van der Waals surface area contributed by atoms with E-state index in [-0.39, 0.29) is 10.7 Å². The number of halogens is 3. The monoisotopic (exact) mass is 437 g/mol. The van der Waals surface area contributed by atoms with Gasteiger partial charge in [0.25, 0.3) is 0 Å². The van der Waals surface area contributed by atoms with Gasteiger partial charge in [0.15, 0.2) is 4.91 Å². The van der Waals surface area contributed by atoms with Crippen LogP contribution >= 0.6 is 34.8 Å². The fraction of sp³-hybridized carbons (Fsp3) is 0. The number of hydrogen-bond acceptors (Lipinski definition) is 4. The summed E-state index contributed by atoms with van der Waals surface area (Å²) >= 11 is 17.9. The molecule has 1 heterocycles. The van der Waals surface area contributed by atoms with Gasteiger partial charge >= 0.3 is 0 Å². The minimum absolute atomic E-state index is 0.0376. The van der Waals surface area contributed by atoms with Crippen LogP contribution in [-0.4, -0.2) is 8.42 Å². The van der Waals surface area contributed by atoms with E-state index in [9.17, 15) is 13.7 Å². The largest absolute Gasteiger partial charge is 0.457 e. The lowest BCUT2D eigenvalue weighted by atomic mass is 10.2. The average molecular weight is 439 g/mol. The fourth-order valence-electron chi connectivity index (χ4n) is 2.30. The third kappa shape index (κ3) is 4.20. The molecule has 0 radical (unpaired) electrons. The number of benzene rings is 2. The van der Waals surface area contributed by atoms with Gasteiger partial charge in [-0.15, -0.1) is 0 Å². The van der Waals surface area contributed by atoms with Gasteiger partial charge in [0.1, 0.15) is 17.6 Å². The summed E-state index contributed by atoms with van der Waals surface area (Å²) in [6.07, 6.45) is 1.16. The molecule has 0 aliphatic carbocycles. The number of furan rings is 1. The van der Waals surface area contributed by atoms with Gasteiger partial charge in [-0.2, -0.15) is 5.26 Å². The number of sulfone groups is 1. The van der Waals surface area contributed by atoms with Gasteiger partial charge in [0.05, 0.1) is 9.92 Å². The standard InChI is InChI=1S/C19H10Cl3NO3S/c20-12-1-5-15(6-2-12)27(24,25)16(11-23)10-14-4-8-19(26-14)17-9-13(21)3-7-18(17)22/h1-10H. The Balaban J connectivity index is 2.00. The lowest BCUT2D eigenvalue weighted by Gasteiger charge is -2.03. The van der Waals surface area contributed by atoms with Crippen LogP contribution in [0.4, 0.5) is 0 Å². The third-order valence-corrected chi connectivity index (χ3v) is 6.12. The summed E-state index contributed by atoms with van der Waals surface area (Å²) in [6, 6.07) is 15.3. The van der Waals surface area contributed by atoms with E-state index in [2.05, 4.69) is 0 Å². The average Bonchev–Trinajstić information content (AvgIpc) is 3.10. The highest BCUT2D eigenvalue weighted by Gasteiger charge is 2.21. The van der Waals surface area contributed by atoms with Crippen LogP contribution in [0.1, 0.15) is 5.76 Å². The normalized spacial score (nSPS) is 12.0. The van der Waals surface area contributed by atoms with Gasteiger partial charge in [-0.3, -0.25) is 0 Å². The molecule has 0 aliphatic heterocycles. The zero-order valence-corrected chi connectivity index (χ0v) is 16.6. The van der Waals surface area contributed by atoms with Crippen LogP contribution in [0.5, 0.6) is 0 Å². The summed E-state index contributed by atoms with van der Waals surface area (Å²) < 4.78 is 30.9. The fourth-order valence-corrected chi connectivity index (χ4v) is 3.95. The maximum atomic E-state index is 12.6. The van der Waals surface area contributed by atoms with E-state index in [4.69, 9.17) is 39.2 Å². The zero-order chi connectivity index (χ0) is 19.6. The Labute approximate surface area is 171 Å². The van der Waals surface area contributed by atoms with Gasteiger partial charge < -0.3 is 4.42 Å². The van der Waals surface area contributed by atoms with Crippen molar-refractivity contribution in [1.82, 2.24) is 0 Å². The van der Waals surface area contributed by atoms with Crippen molar-refractivity contribution in [3.8, 4) is 17.4 Å². The molecule has 1 aromatic heterocycles. The molecule has 27 heavy (non-hydrogen) atoms. The van der Waals surface area contributed by atoms with E-state index in [0.717, 1.165) is 6.08 Å². The first-order valence-electron chi connectivity index (χ1n) is 7.49. The number of allylic oxidation sites excluding steroid dienone is 1. The first kappa shape index (κ1) is 19.5. The second kappa shape index (κ2) is 7.79. The van der Waals surface area contributed by atoms with Crippen LogP contribution in [0, 0.1) is 11.3 Å². The predicted octanol–water partition coefficient (Wildman–Crippen LogP) is 6.25. The number of nitriles is 1. The molecular formula is C19H10Cl3NO3S. The maximum Gasteiger partial charge on any atom is 0.216 e. The van der Waals surface area contributed by atoms with Crippen molar-refractivity contribution in [2.24, 2.45) is 0 Å². The lowest BCUT2D eigenvalue weighted by Crippen LogP contribution is -2.03. The molecule has 2 aromatic carbocycles. The van der Waals surface area contributed by atoms with Crippen molar-refractivity contribution >= 4 is 50.7 Å². The highest BCUT2D eigenvalue weighted by molar-refractivity contribution is 7.95. The van der Waals surface area contributed by atoms with E-state index in [1.165, 1.54) is 24.3 Å². The molecule has 0 bridgehead atoms. The molecule has 4 nitrogen and oxygen atoms in total. The predicted molar refractivity (Wildman–Crippen MR) is 106 cm³/mol. The third-order valence-electron chi connectivity index (χ3n) is 3.62. The molecule has 0 N–H and O–H groups in total. The Morgan fingerprint density at radius 2 is 1.63 bits per heavy atom. The second-order valence-electron chi connectivity index (χ2n) is 5.40. The van der Waals surface area contributed by atoms with E-state index in [1.54, 1.807) is 36.4 Å². The molecule has 3 rings (SSSR count). The molecular weight excluding hydrogens is 429 g/mol. The SMILES string of the molecule is N#CC(=Cc1ccc(-c2cc(Cl)ccc2Cl)o1)S(=O)(=O)c1ccc(Cl)cc1. The van der Waals surface area contributed by atoms with Crippen molar-refractivity contribution in [3.05, 3.63) is 80.3 Å². The Morgan fingerprint density at radius 3 is 2.30 bits per heavy atom. The van der Waals surface area contributed by atoms with Crippen molar-refractivity contribution in [3.63, 3.8) is 0 Å². The van der Waals surface area contributed by atoms with Crippen LogP contribution < -0.4 is 0 Å². The molecule has 0 saturated heterocycles. The van der Waals surface area contributed by atoms with E-state index in [0.29, 0.717) is 26.4 Å². The Bertz CT molecular complexity index is 1170. The van der Waals surface area contributed by atoms with Crippen LogP contribution in [0.15, 0.2) is 68.8 Å². The van der Waals surface area contributed by atoms with Crippen molar-refractivity contribution < 1.29 is 12.8 Å². The molecule has 0 spiro atoms. The summed E-state index contributed by atoms with van der Waals surface area (Å²) in [5.74, 6) is 0.588. The van der Waals surface area contributed by atoms with E-state index < -0.39 is 14.7 Å². The van der Waals surface area contributed by atoms with Gasteiger partial charge in [-0.05, 0) is 54.6 Å². The zero-order valence-electron chi connectivity index (χ0n) is 13.5. The van der Waals surface area contributed by atoms with Crippen LogP contribution in [0.3, 0.4) is 0 Å². The molecule has 0 unspecified atom stereocenters. The number of hydrogen-bond donors (Lipinski definition) is 0. The summed E-state index contributed by atoms with van der Waals surface area (Å²) in [5.41, 5.74) is 0.558. The van der Waals surface area contributed by atoms with Gasteiger partial charge in [0.2, 0.25) is 9.84 Å². The quantitative estimate of drug-likeness (QED) is 0.452. The highest BCUT2D eigenvalue weighted by Crippen LogP contribution is 2.32. The first-order valence-corrected chi connectivity index (χ1v) is 10.1. The molecule has 3 aromatic rings. The first-order chi connectivity index (χ1) is 12.8. The smallest absolute Gasteiger partial charge is 0.216 e. The minimum Gasteiger partial charge on any atom is -0.457 e. The maximum absolute atomic E-state index is 12.6. The van der Waals surface area contributed by atoms with E-state index in [1.807, 2.05) is 0 Å². The molecule has 0 saturated carbocycles. The lowest BCUT2D eigenvalue weighted by molar-refractivity contribution is 0.571. The van der Waals surface area contributed by atoms with Crippen LogP contribution in [-0.2, 0) is 9.84 Å². The van der Waals surface area contributed by atoms with E-state index >= 15 is 0 Å². The Kier molecular flexibility index (Phi) is 5.64. The number of rotatable bonds is 4. The molecule has 0 amide bonds. The molecule has 136 valence electrons.